The molecule has 3 heteroatoms. The molecular weight excluding hydrogens is 294 g/mol. The van der Waals surface area contributed by atoms with Crippen LogP contribution in [0.1, 0.15) is 35.3 Å². The van der Waals surface area contributed by atoms with Gasteiger partial charge in [0.1, 0.15) is 0 Å². The number of rotatable bonds is 2. The predicted octanol–water partition coefficient (Wildman–Crippen LogP) is 4.49. The van der Waals surface area contributed by atoms with Gasteiger partial charge in [-0.25, -0.2) is 0 Å². The first-order valence-electron chi connectivity index (χ1n) is 7.33. The fourth-order valence-corrected chi connectivity index (χ4v) is 3.05. The van der Waals surface area contributed by atoms with Gasteiger partial charge in [0, 0.05) is 33.5 Å². The zero-order valence-corrected chi connectivity index (χ0v) is 13.4. The van der Waals surface area contributed by atoms with Crippen LogP contribution in [0, 0.1) is 0 Å². The summed E-state index contributed by atoms with van der Waals surface area (Å²) in [5, 5.41) is 4.19. The Morgan fingerprint density at radius 2 is 1.91 bits per heavy atom. The molecule has 0 saturated carbocycles. The Morgan fingerprint density at radius 3 is 2.64 bits per heavy atom. The van der Waals surface area contributed by atoms with Gasteiger partial charge in [-0.1, -0.05) is 48.0 Å². The zero-order valence-electron chi connectivity index (χ0n) is 12.7. The summed E-state index contributed by atoms with van der Waals surface area (Å²) in [4.78, 5) is 12.5. The fourth-order valence-electron chi connectivity index (χ4n) is 2.85. The molecule has 0 aliphatic carbocycles. The smallest absolute Gasteiger partial charge is 0.187 e. The molecule has 2 aromatic rings. The first-order valence-corrected chi connectivity index (χ1v) is 7.70. The summed E-state index contributed by atoms with van der Waals surface area (Å²) in [6, 6.07) is 15.1. The number of allylic oxidation sites excluding steroid dienone is 1. The molecule has 0 bridgehead atoms. The molecule has 22 heavy (non-hydrogen) atoms. The first-order chi connectivity index (χ1) is 10.4. The zero-order chi connectivity index (χ0) is 15.7. The van der Waals surface area contributed by atoms with Crippen molar-refractivity contribution < 1.29 is 4.79 Å². The molecule has 1 aliphatic heterocycles. The van der Waals surface area contributed by atoms with E-state index in [0.717, 1.165) is 22.7 Å². The number of hydrogen-bond donors (Lipinski definition) is 1. The molecule has 2 nitrogen and oxygen atoms in total. The average Bonchev–Trinajstić information content (AvgIpc) is 2.46. The van der Waals surface area contributed by atoms with E-state index < -0.39 is 0 Å². The standard InChI is InChI=1S/C19H18ClNO/c1-19(2)12-14-10-15(20)8-9-16(14)17(21-19)11-18(22)13-6-4-3-5-7-13/h3-11,21H,12H2,1-2H3/b17-11-. The van der Waals surface area contributed by atoms with Crippen molar-refractivity contribution in [2.45, 2.75) is 25.8 Å². The van der Waals surface area contributed by atoms with Gasteiger partial charge in [-0.15, -0.1) is 0 Å². The molecule has 0 spiro atoms. The average molecular weight is 312 g/mol. The second-order valence-corrected chi connectivity index (χ2v) is 6.71. The highest BCUT2D eigenvalue weighted by Gasteiger charge is 2.28. The van der Waals surface area contributed by atoms with Crippen LogP contribution in [0.5, 0.6) is 0 Å². The number of nitrogens with one attached hydrogen (secondary N) is 1. The molecular formula is C19H18ClNO. The molecule has 1 heterocycles. The largest absolute Gasteiger partial charge is 0.379 e. The van der Waals surface area contributed by atoms with Crippen molar-refractivity contribution in [2.75, 3.05) is 0 Å². The Hall–Kier alpha value is -2.06. The molecule has 112 valence electrons. The van der Waals surface area contributed by atoms with E-state index in [-0.39, 0.29) is 11.3 Å². The third-order valence-electron chi connectivity index (χ3n) is 3.80. The lowest BCUT2D eigenvalue weighted by Gasteiger charge is -2.35. The van der Waals surface area contributed by atoms with Crippen molar-refractivity contribution in [3.05, 3.63) is 76.3 Å². The van der Waals surface area contributed by atoms with Crippen LogP contribution in [0.15, 0.2) is 54.6 Å². The summed E-state index contributed by atoms with van der Waals surface area (Å²) in [6.45, 7) is 4.25. The Kier molecular flexibility index (Phi) is 3.79. The number of carbonyl (C=O) groups excluding carboxylic acids is 1. The number of ketones is 1. The van der Waals surface area contributed by atoms with Crippen LogP contribution >= 0.6 is 11.6 Å². The Morgan fingerprint density at radius 1 is 1.18 bits per heavy atom. The van der Waals surface area contributed by atoms with E-state index >= 15 is 0 Å². The van der Waals surface area contributed by atoms with E-state index in [0.29, 0.717) is 5.56 Å². The van der Waals surface area contributed by atoms with Gasteiger partial charge in [0.2, 0.25) is 0 Å². The third-order valence-corrected chi connectivity index (χ3v) is 4.03. The lowest BCUT2D eigenvalue weighted by Crippen LogP contribution is -2.43. The van der Waals surface area contributed by atoms with Gasteiger partial charge in [0.15, 0.2) is 5.78 Å². The highest BCUT2D eigenvalue weighted by molar-refractivity contribution is 6.30. The predicted molar refractivity (Wildman–Crippen MR) is 91.1 cm³/mol. The normalized spacial score (nSPS) is 17.7. The number of halogens is 1. The SMILES string of the molecule is CC1(C)Cc2cc(Cl)ccc2/C(=C/C(=O)c2ccccc2)N1. The summed E-state index contributed by atoms with van der Waals surface area (Å²) >= 11 is 6.11. The van der Waals surface area contributed by atoms with Gasteiger partial charge >= 0.3 is 0 Å². The molecule has 0 saturated heterocycles. The number of benzene rings is 2. The summed E-state index contributed by atoms with van der Waals surface area (Å²) in [5.41, 5.74) is 3.66. The van der Waals surface area contributed by atoms with Crippen LogP contribution in [-0.4, -0.2) is 11.3 Å². The van der Waals surface area contributed by atoms with Crippen LogP contribution in [0.3, 0.4) is 0 Å². The van der Waals surface area contributed by atoms with Crippen molar-refractivity contribution in [3.63, 3.8) is 0 Å². The molecule has 1 N–H and O–H groups in total. The second kappa shape index (κ2) is 5.62. The summed E-state index contributed by atoms with van der Waals surface area (Å²) < 4.78 is 0. The fraction of sp³-hybridized carbons (Fsp3) is 0.211. The summed E-state index contributed by atoms with van der Waals surface area (Å²) in [5.74, 6) is 0.00157. The molecule has 3 rings (SSSR count). The van der Waals surface area contributed by atoms with Crippen molar-refractivity contribution in [2.24, 2.45) is 0 Å². The van der Waals surface area contributed by atoms with Crippen molar-refractivity contribution in [3.8, 4) is 0 Å². The highest BCUT2D eigenvalue weighted by atomic mass is 35.5. The maximum Gasteiger partial charge on any atom is 0.187 e. The van der Waals surface area contributed by atoms with E-state index in [9.17, 15) is 4.79 Å². The Balaban J connectivity index is 2.03. The molecule has 2 aromatic carbocycles. The summed E-state index contributed by atoms with van der Waals surface area (Å²) in [6.07, 6.45) is 2.56. The number of fused-ring (bicyclic) bond motifs is 1. The van der Waals surface area contributed by atoms with Gasteiger partial charge < -0.3 is 5.32 Å². The van der Waals surface area contributed by atoms with Gasteiger partial charge in [-0.3, -0.25) is 4.79 Å². The quantitative estimate of drug-likeness (QED) is 0.654. The molecule has 0 unspecified atom stereocenters. The minimum Gasteiger partial charge on any atom is -0.379 e. The molecule has 0 amide bonds. The topological polar surface area (TPSA) is 29.1 Å². The van der Waals surface area contributed by atoms with E-state index in [4.69, 9.17) is 11.6 Å². The highest BCUT2D eigenvalue weighted by Crippen LogP contribution is 2.31. The monoisotopic (exact) mass is 311 g/mol. The van der Waals surface area contributed by atoms with E-state index in [2.05, 4.69) is 19.2 Å². The second-order valence-electron chi connectivity index (χ2n) is 6.28. The lowest BCUT2D eigenvalue weighted by molar-refractivity contribution is 0.104. The van der Waals surface area contributed by atoms with Gasteiger partial charge in [0.25, 0.3) is 0 Å². The van der Waals surface area contributed by atoms with Gasteiger partial charge in [-0.05, 0) is 38.0 Å². The number of carbonyl (C=O) groups is 1. The van der Waals surface area contributed by atoms with E-state index in [1.807, 2.05) is 48.5 Å². The third kappa shape index (κ3) is 3.07. The van der Waals surface area contributed by atoms with Gasteiger partial charge in [0.05, 0.1) is 0 Å². The molecule has 1 aliphatic rings. The molecule has 0 atom stereocenters. The number of hydrogen-bond acceptors (Lipinski definition) is 2. The van der Waals surface area contributed by atoms with Crippen LogP contribution in [0.4, 0.5) is 0 Å². The minimum atomic E-state index is -0.111. The minimum absolute atomic E-state index is 0.00157. The van der Waals surface area contributed by atoms with Crippen molar-refractivity contribution in [1.29, 1.82) is 0 Å². The Labute approximate surface area is 135 Å². The van der Waals surface area contributed by atoms with Crippen molar-refractivity contribution >= 4 is 23.1 Å². The van der Waals surface area contributed by atoms with Crippen molar-refractivity contribution in [1.82, 2.24) is 5.32 Å². The Bertz CT molecular complexity index is 747. The maximum atomic E-state index is 12.5. The van der Waals surface area contributed by atoms with Crippen LogP contribution < -0.4 is 5.32 Å². The van der Waals surface area contributed by atoms with E-state index in [1.54, 1.807) is 6.08 Å². The van der Waals surface area contributed by atoms with Crippen LogP contribution in [-0.2, 0) is 6.42 Å². The maximum absolute atomic E-state index is 12.5. The first kappa shape index (κ1) is 14.9. The molecule has 0 radical (unpaired) electrons. The molecule has 0 fully saturated rings. The lowest BCUT2D eigenvalue weighted by atomic mass is 9.85. The van der Waals surface area contributed by atoms with Gasteiger partial charge in [-0.2, -0.15) is 0 Å². The van der Waals surface area contributed by atoms with Crippen LogP contribution in [0.2, 0.25) is 5.02 Å². The summed E-state index contributed by atoms with van der Waals surface area (Å²) in [7, 11) is 0. The van der Waals surface area contributed by atoms with Crippen LogP contribution in [0.25, 0.3) is 5.70 Å². The molecule has 0 aromatic heterocycles. The van der Waals surface area contributed by atoms with E-state index in [1.165, 1.54) is 5.56 Å².